The van der Waals surface area contributed by atoms with Gasteiger partial charge in [-0.3, -0.25) is 9.36 Å². The summed E-state index contributed by atoms with van der Waals surface area (Å²) in [6.07, 6.45) is 3.32. The molecule has 0 fully saturated rings. The molecule has 0 saturated heterocycles. The minimum atomic E-state index is -0.118. The normalized spacial score (nSPS) is 11.2. The zero-order chi connectivity index (χ0) is 18.4. The van der Waals surface area contributed by atoms with Gasteiger partial charge in [-0.15, -0.1) is 11.3 Å². The average Bonchev–Trinajstić information content (AvgIpc) is 3.02. The Morgan fingerprint density at radius 2 is 2.04 bits per heavy atom. The van der Waals surface area contributed by atoms with Crippen molar-refractivity contribution in [1.82, 2.24) is 14.5 Å². The van der Waals surface area contributed by atoms with Gasteiger partial charge in [0.25, 0.3) is 5.56 Å². The molecule has 0 spiro atoms. The molecule has 0 atom stereocenters. The first-order valence-corrected chi connectivity index (χ1v) is 9.42. The summed E-state index contributed by atoms with van der Waals surface area (Å²) in [4.78, 5) is 24.9. The summed E-state index contributed by atoms with van der Waals surface area (Å²) in [6.45, 7) is 0. The van der Waals surface area contributed by atoms with Crippen molar-refractivity contribution in [2.45, 2.75) is 0 Å². The van der Waals surface area contributed by atoms with E-state index in [9.17, 15) is 4.79 Å². The zero-order valence-corrected chi connectivity index (χ0v) is 16.8. The van der Waals surface area contributed by atoms with Crippen LogP contribution in [0.1, 0.15) is 0 Å². The Morgan fingerprint density at radius 1 is 1.23 bits per heavy atom. The van der Waals surface area contributed by atoms with Gasteiger partial charge in [0.1, 0.15) is 21.6 Å². The van der Waals surface area contributed by atoms with Crippen LogP contribution in [0.4, 0.5) is 5.69 Å². The number of methoxy groups -OCH3 is 1. The topological polar surface area (TPSA) is 60.2 Å². The second-order valence-corrected chi connectivity index (χ2v) is 7.78. The first-order valence-electron chi connectivity index (χ1n) is 7.81. The molecule has 0 unspecified atom stereocenters. The van der Waals surface area contributed by atoms with E-state index in [1.54, 1.807) is 25.7 Å². The number of anilines is 1. The summed E-state index contributed by atoms with van der Waals surface area (Å²) >= 11 is 4.80. The molecule has 26 heavy (non-hydrogen) atoms. The van der Waals surface area contributed by atoms with Gasteiger partial charge in [-0.2, -0.15) is 0 Å². The maximum absolute atomic E-state index is 13.1. The van der Waals surface area contributed by atoms with Crippen molar-refractivity contribution in [2.24, 2.45) is 0 Å². The first-order chi connectivity index (χ1) is 12.5. The molecule has 1 aromatic carbocycles. The number of halogens is 1. The van der Waals surface area contributed by atoms with Crippen LogP contribution in [-0.2, 0) is 0 Å². The van der Waals surface area contributed by atoms with Crippen molar-refractivity contribution < 1.29 is 4.74 Å². The lowest BCUT2D eigenvalue weighted by Crippen LogP contribution is -2.17. The van der Waals surface area contributed by atoms with Gasteiger partial charge in [0, 0.05) is 26.4 Å². The lowest BCUT2D eigenvalue weighted by molar-refractivity contribution is 0.412. The fourth-order valence-corrected chi connectivity index (χ4v) is 4.35. The van der Waals surface area contributed by atoms with Crippen LogP contribution in [0.15, 0.2) is 46.1 Å². The Morgan fingerprint density at radius 3 is 2.77 bits per heavy atom. The standard InChI is InChI=1S/C18H15BrN4O2S/c1-22(2)12-6-7-20-17-14(12)15-16(26-17)18(24)23(9-21-15)10-4-5-11(19)13(8-10)25-3/h4-9H,1-3H3. The van der Waals surface area contributed by atoms with Crippen LogP contribution in [0, 0.1) is 0 Å². The lowest BCUT2D eigenvalue weighted by Gasteiger charge is -2.13. The summed E-state index contributed by atoms with van der Waals surface area (Å²) in [5.41, 5.74) is 2.26. The van der Waals surface area contributed by atoms with Crippen molar-refractivity contribution in [1.29, 1.82) is 0 Å². The number of aromatic nitrogens is 3. The van der Waals surface area contributed by atoms with Crippen LogP contribution in [0.25, 0.3) is 26.1 Å². The molecule has 8 heteroatoms. The average molecular weight is 431 g/mol. The van der Waals surface area contributed by atoms with Gasteiger partial charge in [-0.1, -0.05) is 0 Å². The summed E-state index contributed by atoms with van der Waals surface area (Å²) in [5, 5.41) is 0.912. The van der Waals surface area contributed by atoms with Crippen molar-refractivity contribution in [2.75, 3.05) is 26.1 Å². The van der Waals surface area contributed by atoms with Crippen LogP contribution < -0.4 is 15.2 Å². The second kappa shape index (κ2) is 6.37. The summed E-state index contributed by atoms with van der Waals surface area (Å²) < 4.78 is 8.27. The third-order valence-electron chi connectivity index (χ3n) is 4.15. The van der Waals surface area contributed by atoms with E-state index >= 15 is 0 Å². The predicted octanol–water partition coefficient (Wildman–Crippen LogP) is 3.83. The summed E-state index contributed by atoms with van der Waals surface area (Å²) in [6, 6.07) is 7.43. The molecule has 0 aliphatic heterocycles. The number of hydrogen-bond acceptors (Lipinski definition) is 6. The third kappa shape index (κ3) is 2.57. The van der Waals surface area contributed by atoms with E-state index in [1.165, 1.54) is 15.9 Å². The Balaban J connectivity index is 2.01. The van der Waals surface area contributed by atoms with Crippen molar-refractivity contribution in [3.8, 4) is 11.4 Å². The van der Waals surface area contributed by atoms with Gasteiger partial charge in [-0.05, 0) is 34.1 Å². The highest BCUT2D eigenvalue weighted by Gasteiger charge is 2.17. The number of fused-ring (bicyclic) bond motifs is 3. The Kier molecular flexibility index (Phi) is 4.16. The molecule has 0 radical (unpaired) electrons. The van der Waals surface area contributed by atoms with Gasteiger partial charge in [0.2, 0.25) is 0 Å². The minimum Gasteiger partial charge on any atom is -0.495 e. The molecule has 132 valence electrons. The highest BCUT2D eigenvalue weighted by molar-refractivity contribution is 9.10. The van der Waals surface area contributed by atoms with Gasteiger partial charge < -0.3 is 9.64 Å². The van der Waals surface area contributed by atoms with E-state index in [0.29, 0.717) is 21.7 Å². The van der Waals surface area contributed by atoms with Gasteiger partial charge in [-0.25, -0.2) is 9.97 Å². The number of pyridine rings is 1. The van der Waals surface area contributed by atoms with E-state index in [2.05, 4.69) is 25.9 Å². The molecule has 0 saturated carbocycles. The Bertz CT molecular complexity index is 1200. The van der Waals surface area contributed by atoms with E-state index in [0.717, 1.165) is 20.4 Å². The fraction of sp³-hybridized carbons (Fsp3) is 0.167. The molecular weight excluding hydrogens is 416 g/mol. The van der Waals surface area contributed by atoms with Crippen LogP contribution in [0.5, 0.6) is 5.75 Å². The molecule has 4 rings (SSSR count). The molecule has 0 N–H and O–H groups in total. The number of benzene rings is 1. The van der Waals surface area contributed by atoms with Crippen LogP contribution in [0.2, 0.25) is 0 Å². The quantitative estimate of drug-likeness (QED) is 0.494. The maximum atomic E-state index is 13.1. The SMILES string of the molecule is COc1cc(-n2cnc3c(sc4nccc(N(C)C)c43)c2=O)ccc1Br. The number of rotatable bonds is 3. The molecule has 4 aromatic rings. The number of thiophene rings is 1. The molecule has 3 aromatic heterocycles. The smallest absolute Gasteiger partial charge is 0.275 e. The zero-order valence-electron chi connectivity index (χ0n) is 14.4. The Hall–Kier alpha value is -2.45. The minimum absolute atomic E-state index is 0.118. The highest BCUT2D eigenvalue weighted by atomic mass is 79.9. The number of nitrogens with zero attached hydrogens (tertiary/aromatic N) is 4. The maximum Gasteiger partial charge on any atom is 0.275 e. The molecule has 0 bridgehead atoms. The predicted molar refractivity (Wildman–Crippen MR) is 109 cm³/mol. The molecule has 0 aliphatic carbocycles. The van der Waals surface area contributed by atoms with Gasteiger partial charge >= 0.3 is 0 Å². The summed E-state index contributed by atoms with van der Waals surface area (Å²) in [5.74, 6) is 0.655. The van der Waals surface area contributed by atoms with Crippen molar-refractivity contribution in [3.63, 3.8) is 0 Å². The summed E-state index contributed by atoms with van der Waals surface area (Å²) in [7, 11) is 5.52. The van der Waals surface area contributed by atoms with Crippen molar-refractivity contribution in [3.05, 3.63) is 51.6 Å². The fourth-order valence-electron chi connectivity index (χ4n) is 2.89. The number of hydrogen-bond donors (Lipinski definition) is 0. The number of ether oxygens (including phenoxy) is 1. The first kappa shape index (κ1) is 17.0. The Labute approximate surface area is 161 Å². The van der Waals surface area contributed by atoms with E-state index in [-0.39, 0.29) is 5.56 Å². The molecular formula is C18H15BrN4O2S. The highest BCUT2D eigenvalue weighted by Crippen LogP contribution is 2.35. The molecule has 0 aliphatic rings. The van der Waals surface area contributed by atoms with Crippen LogP contribution in [-0.4, -0.2) is 35.7 Å². The monoisotopic (exact) mass is 430 g/mol. The molecule has 3 heterocycles. The molecule has 0 amide bonds. The third-order valence-corrected chi connectivity index (χ3v) is 5.88. The van der Waals surface area contributed by atoms with Gasteiger partial charge in [0.05, 0.1) is 33.9 Å². The van der Waals surface area contributed by atoms with Crippen LogP contribution >= 0.6 is 27.3 Å². The van der Waals surface area contributed by atoms with Crippen LogP contribution in [0.3, 0.4) is 0 Å². The van der Waals surface area contributed by atoms with E-state index < -0.39 is 0 Å². The second-order valence-electron chi connectivity index (χ2n) is 5.92. The molecule has 6 nitrogen and oxygen atoms in total. The largest absolute Gasteiger partial charge is 0.495 e. The lowest BCUT2D eigenvalue weighted by atomic mass is 10.2. The van der Waals surface area contributed by atoms with Crippen molar-refractivity contribution >= 4 is 53.4 Å². The van der Waals surface area contributed by atoms with E-state index in [4.69, 9.17) is 4.74 Å². The van der Waals surface area contributed by atoms with E-state index in [1.807, 2.05) is 37.2 Å². The van der Waals surface area contributed by atoms with Gasteiger partial charge in [0.15, 0.2) is 0 Å².